The van der Waals surface area contributed by atoms with Gasteiger partial charge < -0.3 is 14.9 Å². The van der Waals surface area contributed by atoms with E-state index in [4.69, 9.17) is 4.74 Å². The van der Waals surface area contributed by atoms with Crippen LogP contribution < -0.4 is 0 Å². The van der Waals surface area contributed by atoms with Crippen molar-refractivity contribution in [1.29, 1.82) is 0 Å². The first kappa shape index (κ1) is 11.7. The third-order valence-electron chi connectivity index (χ3n) is 6.88. The molecule has 0 aromatic rings. The summed E-state index contributed by atoms with van der Waals surface area (Å²) in [5.41, 5.74) is 1.09. The van der Waals surface area contributed by atoms with Gasteiger partial charge in [0, 0.05) is 6.61 Å². The van der Waals surface area contributed by atoms with E-state index in [1.54, 1.807) is 0 Å². The standard InChI is InChI=1S/C15H24O3/c16-11-3-9-18-13(12(11)17)10-2-6-15(10)8-7-14(15)4-1-5-14/h10-13,16-17H,1-9H2/t10?,11?,12-,13?,15?/m1/s1. The van der Waals surface area contributed by atoms with Gasteiger partial charge in [0.15, 0.2) is 0 Å². The Labute approximate surface area is 109 Å². The van der Waals surface area contributed by atoms with E-state index in [0.29, 0.717) is 29.8 Å². The molecule has 3 heteroatoms. The number of rotatable bonds is 1. The molecule has 0 aromatic heterocycles. The molecule has 5 atom stereocenters. The van der Waals surface area contributed by atoms with Gasteiger partial charge >= 0.3 is 0 Å². The van der Waals surface area contributed by atoms with Gasteiger partial charge in [-0.2, -0.15) is 0 Å². The van der Waals surface area contributed by atoms with Gasteiger partial charge in [-0.3, -0.25) is 0 Å². The van der Waals surface area contributed by atoms with Crippen LogP contribution in [0.1, 0.15) is 51.4 Å². The Morgan fingerprint density at radius 1 is 0.944 bits per heavy atom. The lowest BCUT2D eigenvalue weighted by Crippen LogP contribution is -2.68. The molecule has 1 heterocycles. The first-order valence-corrected chi connectivity index (χ1v) is 7.66. The molecular formula is C15H24O3. The van der Waals surface area contributed by atoms with E-state index in [0.717, 1.165) is 0 Å². The highest BCUT2D eigenvalue weighted by atomic mass is 16.5. The van der Waals surface area contributed by atoms with Crippen LogP contribution in [0.15, 0.2) is 0 Å². The number of aliphatic hydroxyl groups excluding tert-OH is 2. The van der Waals surface area contributed by atoms with Crippen molar-refractivity contribution < 1.29 is 14.9 Å². The highest BCUT2D eigenvalue weighted by Crippen LogP contribution is 2.77. The van der Waals surface area contributed by atoms with Gasteiger partial charge in [-0.05, 0) is 61.7 Å². The first-order chi connectivity index (χ1) is 8.69. The number of hydrogen-bond acceptors (Lipinski definition) is 3. The minimum absolute atomic E-state index is 0.0970. The van der Waals surface area contributed by atoms with Crippen LogP contribution in [0, 0.1) is 16.7 Å². The Kier molecular flexibility index (Phi) is 2.41. The number of hydrogen-bond donors (Lipinski definition) is 2. The maximum absolute atomic E-state index is 10.2. The van der Waals surface area contributed by atoms with Gasteiger partial charge in [-0.1, -0.05) is 6.42 Å². The monoisotopic (exact) mass is 252 g/mol. The topological polar surface area (TPSA) is 49.7 Å². The van der Waals surface area contributed by atoms with E-state index >= 15 is 0 Å². The van der Waals surface area contributed by atoms with Crippen molar-refractivity contribution in [1.82, 2.24) is 0 Å². The minimum Gasteiger partial charge on any atom is -0.390 e. The molecular weight excluding hydrogens is 228 g/mol. The molecule has 4 unspecified atom stereocenters. The molecule has 0 bridgehead atoms. The summed E-state index contributed by atoms with van der Waals surface area (Å²) >= 11 is 0. The third kappa shape index (κ3) is 1.21. The predicted molar refractivity (Wildman–Crippen MR) is 67.0 cm³/mol. The molecule has 0 aromatic carbocycles. The smallest absolute Gasteiger partial charge is 0.106 e. The third-order valence-corrected chi connectivity index (χ3v) is 6.88. The molecule has 4 aliphatic rings. The Morgan fingerprint density at radius 2 is 1.78 bits per heavy atom. The van der Waals surface area contributed by atoms with Gasteiger partial charge in [0.1, 0.15) is 6.10 Å². The molecule has 4 rings (SSSR count). The van der Waals surface area contributed by atoms with Crippen LogP contribution in [0.4, 0.5) is 0 Å². The van der Waals surface area contributed by atoms with Gasteiger partial charge in [-0.25, -0.2) is 0 Å². The summed E-state index contributed by atoms with van der Waals surface area (Å²) in [5.74, 6) is 0.511. The number of ether oxygens (including phenoxy) is 1. The van der Waals surface area contributed by atoms with Crippen molar-refractivity contribution in [2.75, 3.05) is 6.61 Å². The average molecular weight is 252 g/mol. The Bertz CT molecular complexity index is 342. The van der Waals surface area contributed by atoms with E-state index in [9.17, 15) is 10.2 Å². The second-order valence-corrected chi connectivity index (χ2v) is 7.12. The van der Waals surface area contributed by atoms with Crippen LogP contribution in [0.5, 0.6) is 0 Å². The zero-order chi connectivity index (χ0) is 12.4. The van der Waals surface area contributed by atoms with Crippen molar-refractivity contribution in [2.45, 2.75) is 69.7 Å². The molecule has 1 saturated heterocycles. The maximum atomic E-state index is 10.2. The highest BCUT2D eigenvalue weighted by molar-refractivity contribution is 5.19. The lowest BCUT2D eigenvalue weighted by Gasteiger charge is -2.73. The molecule has 102 valence electrons. The van der Waals surface area contributed by atoms with Crippen LogP contribution in [0.3, 0.4) is 0 Å². The molecule has 3 aliphatic carbocycles. The second kappa shape index (κ2) is 3.71. The van der Waals surface area contributed by atoms with E-state index < -0.39 is 12.2 Å². The molecule has 2 spiro atoms. The average Bonchev–Trinajstić information content (AvgIpc) is 2.20. The molecule has 0 amide bonds. The molecule has 1 aliphatic heterocycles. The Balaban J connectivity index is 1.55. The lowest BCUT2D eigenvalue weighted by atomic mass is 9.32. The number of aliphatic hydroxyl groups is 2. The zero-order valence-corrected chi connectivity index (χ0v) is 11.0. The summed E-state index contributed by atoms with van der Waals surface area (Å²) in [5, 5.41) is 20.1. The zero-order valence-electron chi connectivity index (χ0n) is 11.0. The molecule has 4 fully saturated rings. The van der Waals surface area contributed by atoms with Gasteiger partial charge in [-0.15, -0.1) is 0 Å². The quantitative estimate of drug-likeness (QED) is 0.749. The van der Waals surface area contributed by atoms with Crippen LogP contribution in [-0.2, 0) is 4.74 Å². The summed E-state index contributed by atoms with van der Waals surface area (Å²) in [6, 6.07) is 0. The first-order valence-electron chi connectivity index (χ1n) is 7.66. The van der Waals surface area contributed by atoms with Crippen molar-refractivity contribution in [3.63, 3.8) is 0 Å². The van der Waals surface area contributed by atoms with Crippen LogP contribution in [-0.4, -0.2) is 35.1 Å². The summed E-state index contributed by atoms with van der Waals surface area (Å²) in [4.78, 5) is 0. The van der Waals surface area contributed by atoms with Gasteiger partial charge in [0.05, 0.1) is 12.2 Å². The summed E-state index contributed by atoms with van der Waals surface area (Å²) < 4.78 is 5.85. The van der Waals surface area contributed by atoms with Gasteiger partial charge in [0.25, 0.3) is 0 Å². The predicted octanol–water partition coefficient (Wildman–Crippen LogP) is 1.86. The normalized spacial score (nSPS) is 53.7. The Morgan fingerprint density at radius 3 is 2.28 bits per heavy atom. The lowest BCUT2D eigenvalue weighted by molar-refractivity contribution is -0.277. The fourth-order valence-corrected chi connectivity index (χ4v) is 5.43. The molecule has 18 heavy (non-hydrogen) atoms. The fraction of sp³-hybridized carbons (Fsp3) is 1.00. The highest BCUT2D eigenvalue weighted by Gasteiger charge is 2.69. The fourth-order valence-electron chi connectivity index (χ4n) is 5.43. The van der Waals surface area contributed by atoms with E-state index in [2.05, 4.69) is 0 Å². The molecule has 0 radical (unpaired) electrons. The van der Waals surface area contributed by atoms with Crippen LogP contribution in [0.2, 0.25) is 0 Å². The minimum atomic E-state index is -0.654. The van der Waals surface area contributed by atoms with Gasteiger partial charge in [0.2, 0.25) is 0 Å². The maximum Gasteiger partial charge on any atom is 0.106 e. The van der Waals surface area contributed by atoms with Crippen molar-refractivity contribution >= 4 is 0 Å². The second-order valence-electron chi connectivity index (χ2n) is 7.12. The van der Waals surface area contributed by atoms with Crippen molar-refractivity contribution in [2.24, 2.45) is 16.7 Å². The van der Waals surface area contributed by atoms with Crippen LogP contribution in [0.25, 0.3) is 0 Å². The molecule has 3 nitrogen and oxygen atoms in total. The van der Waals surface area contributed by atoms with E-state index in [-0.39, 0.29) is 6.10 Å². The largest absolute Gasteiger partial charge is 0.390 e. The molecule has 3 saturated carbocycles. The molecule has 2 N–H and O–H groups in total. The summed E-state index contributed by atoms with van der Waals surface area (Å²) in [6.07, 6.45) is 8.71. The van der Waals surface area contributed by atoms with E-state index in [1.807, 2.05) is 0 Å². The van der Waals surface area contributed by atoms with E-state index in [1.165, 1.54) is 44.9 Å². The Hall–Kier alpha value is -0.120. The van der Waals surface area contributed by atoms with Crippen molar-refractivity contribution in [3.8, 4) is 0 Å². The van der Waals surface area contributed by atoms with Crippen molar-refractivity contribution in [3.05, 3.63) is 0 Å². The summed E-state index contributed by atoms with van der Waals surface area (Å²) in [7, 11) is 0. The summed E-state index contributed by atoms with van der Waals surface area (Å²) in [6.45, 7) is 0.614. The SMILES string of the molecule is OC1CCOC(C2CCC23CCC32CCC2)[C@@H]1O. The van der Waals surface area contributed by atoms with Crippen LogP contribution >= 0.6 is 0 Å². The number of fused-ring (bicyclic) bond motifs is 1.